The van der Waals surface area contributed by atoms with Gasteiger partial charge in [0.15, 0.2) is 0 Å². The summed E-state index contributed by atoms with van der Waals surface area (Å²) < 4.78 is 2.57. The van der Waals surface area contributed by atoms with E-state index in [1.807, 2.05) is 0 Å². The van der Waals surface area contributed by atoms with E-state index in [1.165, 1.54) is 50.2 Å². The van der Waals surface area contributed by atoms with Gasteiger partial charge < -0.3 is 9.47 Å². The lowest BCUT2D eigenvalue weighted by Gasteiger charge is -2.36. The van der Waals surface area contributed by atoms with Crippen LogP contribution in [0.2, 0.25) is 0 Å². The molecule has 0 aromatic carbocycles. The van der Waals surface area contributed by atoms with E-state index in [2.05, 4.69) is 35.4 Å². The van der Waals surface area contributed by atoms with Crippen molar-refractivity contribution >= 4 is 0 Å². The first-order valence-electron chi connectivity index (χ1n) is 6.64. The van der Waals surface area contributed by atoms with Crippen molar-refractivity contribution in [3.05, 3.63) is 23.5 Å². The minimum absolute atomic E-state index is 0.759. The quantitative estimate of drug-likeness (QED) is 0.703. The van der Waals surface area contributed by atoms with E-state index in [0.29, 0.717) is 0 Å². The number of fused-ring (bicyclic) bond motifs is 1. The molecule has 2 heteroatoms. The van der Waals surface area contributed by atoms with Crippen LogP contribution in [-0.4, -0.2) is 28.6 Å². The van der Waals surface area contributed by atoms with Gasteiger partial charge in [0.1, 0.15) is 0 Å². The summed E-state index contributed by atoms with van der Waals surface area (Å²) >= 11 is 0. The Hall–Kier alpha value is -0.760. The zero-order chi connectivity index (χ0) is 11.1. The monoisotopic (exact) mass is 218 g/mol. The Balaban J connectivity index is 1.81. The Labute approximate surface area is 98.2 Å². The van der Waals surface area contributed by atoms with Gasteiger partial charge in [0.25, 0.3) is 0 Å². The molecule has 3 heterocycles. The summed E-state index contributed by atoms with van der Waals surface area (Å²) in [6.45, 7) is 7.15. The van der Waals surface area contributed by atoms with Gasteiger partial charge in [-0.2, -0.15) is 0 Å². The van der Waals surface area contributed by atoms with Gasteiger partial charge in [0.05, 0.1) is 0 Å². The first-order chi connectivity index (χ1) is 7.75. The number of hydrogen-bond acceptors (Lipinski definition) is 1. The van der Waals surface area contributed by atoms with Crippen LogP contribution in [0, 0.1) is 13.8 Å². The second-order valence-electron chi connectivity index (χ2n) is 5.50. The molecule has 0 N–H and O–H groups in total. The Bertz CT molecular complexity index is 361. The van der Waals surface area contributed by atoms with Crippen LogP contribution in [0.1, 0.15) is 43.1 Å². The van der Waals surface area contributed by atoms with Crippen molar-refractivity contribution in [1.29, 1.82) is 0 Å². The van der Waals surface area contributed by atoms with Crippen LogP contribution >= 0.6 is 0 Å². The molecular weight excluding hydrogens is 196 g/mol. The second-order valence-corrected chi connectivity index (χ2v) is 5.50. The molecule has 2 nitrogen and oxygen atoms in total. The maximum atomic E-state index is 2.70. The van der Waals surface area contributed by atoms with Gasteiger partial charge in [-0.1, -0.05) is 0 Å². The van der Waals surface area contributed by atoms with Gasteiger partial charge >= 0.3 is 0 Å². The third kappa shape index (κ3) is 1.60. The number of hydrogen-bond donors (Lipinski definition) is 0. The van der Waals surface area contributed by atoms with Gasteiger partial charge in [-0.15, -0.1) is 0 Å². The predicted octanol–water partition coefficient (Wildman–Crippen LogP) is 2.90. The fraction of sp³-hybridized carbons (Fsp3) is 0.714. The number of aromatic nitrogens is 1. The van der Waals surface area contributed by atoms with E-state index in [4.69, 9.17) is 0 Å². The number of nitrogens with zero attached hydrogens (tertiary/aromatic N) is 2. The van der Waals surface area contributed by atoms with Crippen molar-refractivity contribution in [2.45, 2.75) is 51.6 Å². The summed E-state index contributed by atoms with van der Waals surface area (Å²) in [6.07, 6.45) is 5.56. The van der Waals surface area contributed by atoms with Gasteiger partial charge in [-0.3, -0.25) is 0 Å². The van der Waals surface area contributed by atoms with E-state index in [-0.39, 0.29) is 0 Å². The molecule has 88 valence electrons. The molecule has 0 saturated carbocycles. The van der Waals surface area contributed by atoms with Crippen LogP contribution in [0.4, 0.5) is 0 Å². The van der Waals surface area contributed by atoms with Crippen molar-refractivity contribution in [3.8, 4) is 0 Å². The first-order valence-corrected chi connectivity index (χ1v) is 6.64. The smallest absolute Gasteiger partial charge is 0.0362 e. The molecule has 3 rings (SSSR count). The van der Waals surface area contributed by atoms with Crippen LogP contribution in [0.25, 0.3) is 0 Å². The van der Waals surface area contributed by atoms with E-state index in [9.17, 15) is 0 Å². The minimum Gasteiger partial charge on any atom is -0.346 e. The lowest BCUT2D eigenvalue weighted by atomic mass is 9.97. The molecule has 2 fully saturated rings. The molecule has 0 amide bonds. The molecule has 2 aliphatic rings. The van der Waals surface area contributed by atoms with E-state index in [0.717, 1.165) is 12.1 Å². The number of aryl methyl sites for hydroxylation is 2. The lowest BCUT2D eigenvalue weighted by Crippen LogP contribution is -2.39. The summed E-state index contributed by atoms with van der Waals surface area (Å²) in [4.78, 5) is 2.70. The standard InChI is InChI=1S/C14H22N2/c1-11-5-6-12(2)16(11)14-7-9-15-8-3-4-13(15)10-14/h5-6,13-14H,3-4,7-10H2,1-2H3. The second kappa shape index (κ2) is 3.92. The van der Waals surface area contributed by atoms with Crippen molar-refractivity contribution in [3.63, 3.8) is 0 Å². The fourth-order valence-electron chi connectivity index (χ4n) is 3.69. The number of rotatable bonds is 1. The Kier molecular flexibility index (Phi) is 2.55. The van der Waals surface area contributed by atoms with E-state index < -0.39 is 0 Å². The Morgan fingerprint density at radius 3 is 2.50 bits per heavy atom. The largest absolute Gasteiger partial charge is 0.346 e. The molecule has 0 radical (unpaired) electrons. The molecule has 2 saturated heterocycles. The maximum Gasteiger partial charge on any atom is 0.0362 e. The maximum absolute atomic E-state index is 2.70. The normalized spacial score (nSPS) is 30.6. The highest BCUT2D eigenvalue weighted by atomic mass is 15.2. The van der Waals surface area contributed by atoms with Crippen LogP contribution in [0.15, 0.2) is 12.1 Å². The Morgan fingerprint density at radius 2 is 1.75 bits per heavy atom. The van der Waals surface area contributed by atoms with Crippen LogP contribution < -0.4 is 0 Å². The van der Waals surface area contributed by atoms with E-state index in [1.54, 1.807) is 0 Å². The van der Waals surface area contributed by atoms with Crippen molar-refractivity contribution in [2.24, 2.45) is 0 Å². The average molecular weight is 218 g/mol. The third-order valence-corrected chi connectivity index (χ3v) is 4.48. The van der Waals surface area contributed by atoms with Crippen molar-refractivity contribution < 1.29 is 0 Å². The topological polar surface area (TPSA) is 8.17 Å². The molecule has 2 unspecified atom stereocenters. The summed E-state index contributed by atoms with van der Waals surface area (Å²) in [5.41, 5.74) is 2.88. The van der Waals surface area contributed by atoms with E-state index >= 15 is 0 Å². The molecule has 1 aromatic rings. The van der Waals surface area contributed by atoms with Gasteiger partial charge in [0, 0.05) is 30.0 Å². The highest BCUT2D eigenvalue weighted by molar-refractivity contribution is 5.15. The zero-order valence-electron chi connectivity index (χ0n) is 10.4. The molecule has 0 aliphatic carbocycles. The average Bonchev–Trinajstić information content (AvgIpc) is 2.85. The van der Waals surface area contributed by atoms with Crippen LogP contribution in [-0.2, 0) is 0 Å². The third-order valence-electron chi connectivity index (χ3n) is 4.48. The summed E-state index contributed by atoms with van der Waals surface area (Å²) in [7, 11) is 0. The number of piperidine rings is 1. The van der Waals surface area contributed by atoms with Gasteiger partial charge in [0.2, 0.25) is 0 Å². The van der Waals surface area contributed by atoms with Gasteiger partial charge in [-0.05, 0) is 58.2 Å². The summed E-state index contributed by atoms with van der Waals surface area (Å²) in [5.74, 6) is 0. The zero-order valence-corrected chi connectivity index (χ0v) is 10.4. The molecule has 16 heavy (non-hydrogen) atoms. The van der Waals surface area contributed by atoms with Crippen molar-refractivity contribution in [2.75, 3.05) is 13.1 Å². The molecule has 1 aromatic heterocycles. The molecule has 2 aliphatic heterocycles. The fourth-order valence-corrected chi connectivity index (χ4v) is 3.69. The summed E-state index contributed by atoms with van der Waals surface area (Å²) in [5, 5.41) is 0. The predicted molar refractivity (Wildman–Crippen MR) is 66.8 cm³/mol. The Morgan fingerprint density at radius 1 is 1.00 bits per heavy atom. The molecule has 0 bridgehead atoms. The molecule has 2 atom stereocenters. The van der Waals surface area contributed by atoms with Crippen LogP contribution in [0.3, 0.4) is 0 Å². The minimum atomic E-state index is 0.759. The van der Waals surface area contributed by atoms with Gasteiger partial charge in [-0.25, -0.2) is 0 Å². The van der Waals surface area contributed by atoms with Crippen LogP contribution in [0.5, 0.6) is 0 Å². The highest BCUT2D eigenvalue weighted by Crippen LogP contribution is 2.34. The molecule has 0 spiro atoms. The summed E-state index contributed by atoms with van der Waals surface area (Å²) in [6, 6.07) is 6.15. The highest BCUT2D eigenvalue weighted by Gasteiger charge is 2.32. The lowest BCUT2D eigenvalue weighted by molar-refractivity contribution is 0.154. The SMILES string of the molecule is Cc1ccc(C)n1C1CCN2CCCC2C1. The first kappa shape index (κ1) is 10.4. The van der Waals surface area contributed by atoms with Crippen molar-refractivity contribution in [1.82, 2.24) is 9.47 Å². The molecular formula is C14H22N2.